The predicted octanol–water partition coefficient (Wildman–Crippen LogP) is 6.02. The molecule has 4 aromatic rings. The van der Waals surface area contributed by atoms with E-state index in [4.69, 9.17) is 4.74 Å². The third kappa shape index (κ3) is 6.02. The molecular weight excluding hydrogens is 509 g/mol. The molecule has 1 aliphatic rings. The van der Waals surface area contributed by atoms with Gasteiger partial charge in [-0.1, -0.05) is 72.8 Å². The summed E-state index contributed by atoms with van der Waals surface area (Å²) in [6.07, 6.45) is -1.52. The van der Waals surface area contributed by atoms with E-state index in [2.05, 4.69) is 10.6 Å². The number of nitrogens with one attached hydrogen (secondary N) is 2. The lowest BCUT2D eigenvalue weighted by molar-refractivity contribution is -0.127. The molecule has 0 radical (unpaired) electrons. The van der Waals surface area contributed by atoms with Crippen molar-refractivity contribution >= 4 is 23.6 Å². The van der Waals surface area contributed by atoms with Crippen molar-refractivity contribution in [2.24, 2.45) is 0 Å². The van der Waals surface area contributed by atoms with Gasteiger partial charge in [0.1, 0.15) is 5.82 Å². The Hall–Kier alpha value is -4.98. The monoisotopic (exact) mass is 537 g/mol. The third-order valence-corrected chi connectivity index (χ3v) is 6.79. The Morgan fingerprint density at radius 1 is 0.900 bits per heavy atom. The quantitative estimate of drug-likeness (QED) is 0.288. The number of amides is 3. The molecule has 0 saturated carbocycles. The van der Waals surface area contributed by atoms with Crippen LogP contribution in [0.5, 0.6) is 0 Å². The number of carbonyl (C=O) groups excluding carboxylic acids is 3. The van der Waals surface area contributed by atoms with Crippen molar-refractivity contribution in [2.75, 3.05) is 5.32 Å². The van der Waals surface area contributed by atoms with Crippen LogP contribution >= 0.6 is 0 Å². The van der Waals surface area contributed by atoms with Crippen molar-refractivity contribution in [3.8, 4) is 0 Å². The highest BCUT2D eigenvalue weighted by Crippen LogP contribution is 2.35. The molecular formula is C32H28FN3O4. The highest BCUT2D eigenvalue weighted by Gasteiger charge is 2.47. The largest absolute Gasteiger partial charge is 0.438 e. The van der Waals surface area contributed by atoms with Crippen molar-refractivity contribution in [2.45, 2.75) is 31.7 Å². The van der Waals surface area contributed by atoms with E-state index in [1.807, 2.05) is 67.6 Å². The van der Waals surface area contributed by atoms with Crippen LogP contribution in [0.1, 0.15) is 46.1 Å². The molecule has 40 heavy (non-hydrogen) atoms. The average molecular weight is 538 g/mol. The molecule has 1 saturated heterocycles. The number of cyclic esters (lactones) is 1. The van der Waals surface area contributed by atoms with Crippen LogP contribution in [0.2, 0.25) is 0 Å². The highest BCUT2D eigenvalue weighted by atomic mass is 19.1. The Morgan fingerprint density at radius 2 is 1.57 bits per heavy atom. The Morgan fingerprint density at radius 3 is 2.27 bits per heavy atom. The number of ether oxygens (including phenoxy) is 1. The Kier molecular flexibility index (Phi) is 7.87. The number of rotatable bonds is 8. The van der Waals surface area contributed by atoms with Crippen LogP contribution in [0.25, 0.3) is 0 Å². The van der Waals surface area contributed by atoms with E-state index in [1.165, 1.54) is 29.2 Å². The first-order valence-electron chi connectivity index (χ1n) is 12.9. The minimum Gasteiger partial charge on any atom is -0.438 e. The molecule has 0 spiro atoms. The van der Waals surface area contributed by atoms with E-state index in [1.54, 1.807) is 24.3 Å². The number of anilines is 1. The van der Waals surface area contributed by atoms with Crippen molar-refractivity contribution in [3.05, 3.63) is 137 Å². The molecule has 0 aliphatic carbocycles. The van der Waals surface area contributed by atoms with Crippen molar-refractivity contribution in [1.82, 2.24) is 10.2 Å². The lowest BCUT2D eigenvalue weighted by Crippen LogP contribution is -2.46. The molecule has 3 amide bonds. The maximum absolute atomic E-state index is 13.7. The molecule has 0 bridgehead atoms. The SMILES string of the molecule is C[C@H](NC(=O)[C@H]1[C@H](c2cccc(NC(=O)c3ccc(F)cc3)c2)OC(=O)N1Cc1ccccc1)c1ccccc1. The van der Waals surface area contributed by atoms with Crippen molar-refractivity contribution < 1.29 is 23.5 Å². The van der Waals surface area contributed by atoms with Crippen molar-refractivity contribution in [1.29, 1.82) is 0 Å². The third-order valence-electron chi connectivity index (χ3n) is 6.79. The summed E-state index contributed by atoms with van der Waals surface area (Å²) in [7, 11) is 0. The van der Waals surface area contributed by atoms with Gasteiger partial charge in [0.05, 0.1) is 12.6 Å². The van der Waals surface area contributed by atoms with Crippen molar-refractivity contribution in [3.63, 3.8) is 0 Å². The van der Waals surface area contributed by atoms with Crippen LogP contribution < -0.4 is 10.6 Å². The van der Waals surface area contributed by atoms with Gasteiger partial charge in [-0.3, -0.25) is 14.5 Å². The fraction of sp³-hybridized carbons (Fsp3) is 0.156. The molecule has 4 aromatic carbocycles. The molecule has 0 aromatic heterocycles. The predicted molar refractivity (Wildman–Crippen MR) is 149 cm³/mol. The van der Waals surface area contributed by atoms with Gasteiger partial charge in [0, 0.05) is 11.3 Å². The molecule has 3 atom stereocenters. The summed E-state index contributed by atoms with van der Waals surface area (Å²) < 4.78 is 19.1. The van der Waals surface area contributed by atoms with Gasteiger partial charge in [-0.2, -0.15) is 0 Å². The molecule has 202 valence electrons. The zero-order valence-corrected chi connectivity index (χ0v) is 21.8. The standard InChI is InChI=1S/C32H28FN3O4/c1-21(23-11-6-3-7-12-23)34-31(38)28-29(40-32(39)36(28)20-22-9-4-2-5-10-22)25-13-8-14-27(19-25)35-30(37)24-15-17-26(33)18-16-24/h2-19,21,28-29H,20H2,1H3,(H,34,38)(H,35,37)/t21-,28+,29-/m0/s1. The molecule has 1 aliphatic heterocycles. The summed E-state index contributed by atoms with van der Waals surface area (Å²) >= 11 is 0. The van der Waals surface area contributed by atoms with Crippen LogP contribution in [0.15, 0.2) is 109 Å². The van der Waals surface area contributed by atoms with Gasteiger partial charge in [0.2, 0.25) is 5.91 Å². The van der Waals surface area contributed by atoms with Crippen LogP contribution in [-0.2, 0) is 16.1 Å². The van der Waals surface area contributed by atoms with Gasteiger partial charge in [0.15, 0.2) is 12.1 Å². The summed E-state index contributed by atoms with van der Waals surface area (Å²) in [4.78, 5) is 41.0. The number of nitrogens with zero attached hydrogens (tertiary/aromatic N) is 1. The lowest BCUT2D eigenvalue weighted by Gasteiger charge is -2.26. The van der Waals surface area contributed by atoms with Gasteiger partial charge >= 0.3 is 6.09 Å². The van der Waals surface area contributed by atoms with E-state index < -0.39 is 30.0 Å². The summed E-state index contributed by atoms with van der Waals surface area (Å²) in [6, 6.07) is 29.7. The number of hydrogen-bond donors (Lipinski definition) is 2. The molecule has 5 rings (SSSR count). The Bertz CT molecular complexity index is 1500. The van der Waals surface area contributed by atoms with E-state index in [0.29, 0.717) is 16.8 Å². The van der Waals surface area contributed by atoms with Gasteiger partial charge in [-0.05, 0) is 60.0 Å². The minimum atomic E-state index is -0.957. The average Bonchev–Trinajstić information content (AvgIpc) is 3.30. The van der Waals surface area contributed by atoms with Crippen LogP contribution in [0.4, 0.5) is 14.9 Å². The summed E-state index contributed by atoms with van der Waals surface area (Å²) in [5.74, 6) is -1.21. The lowest BCUT2D eigenvalue weighted by atomic mass is 9.99. The van der Waals surface area contributed by atoms with E-state index >= 15 is 0 Å². The van der Waals surface area contributed by atoms with Gasteiger partial charge in [-0.15, -0.1) is 0 Å². The molecule has 1 fully saturated rings. The topological polar surface area (TPSA) is 87.7 Å². The number of benzene rings is 4. The minimum absolute atomic E-state index is 0.189. The first-order chi connectivity index (χ1) is 19.4. The summed E-state index contributed by atoms with van der Waals surface area (Å²) in [5, 5.41) is 5.82. The molecule has 2 N–H and O–H groups in total. The Balaban J connectivity index is 1.42. The zero-order chi connectivity index (χ0) is 28.1. The van der Waals surface area contributed by atoms with Gasteiger partial charge < -0.3 is 15.4 Å². The second-order valence-corrected chi connectivity index (χ2v) is 9.59. The second kappa shape index (κ2) is 11.8. The summed E-state index contributed by atoms with van der Waals surface area (Å²) in [6.45, 7) is 2.07. The smallest absolute Gasteiger partial charge is 0.411 e. The number of carbonyl (C=O) groups is 3. The normalized spacial score (nSPS) is 17.1. The fourth-order valence-electron chi connectivity index (χ4n) is 4.71. The summed E-state index contributed by atoms with van der Waals surface area (Å²) in [5.41, 5.74) is 3.07. The van der Waals surface area contributed by atoms with Gasteiger partial charge in [0.25, 0.3) is 5.91 Å². The maximum atomic E-state index is 13.7. The van der Waals surface area contributed by atoms with E-state index in [9.17, 15) is 18.8 Å². The fourth-order valence-corrected chi connectivity index (χ4v) is 4.71. The zero-order valence-electron chi connectivity index (χ0n) is 21.8. The first kappa shape index (κ1) is 26.6. The maximum Gasteiger partial charge on any atom is 0.411 e. The number of hydrogen-bond acceptors (Lipinski definition) is 4. The number of halogens is 1. The van der Waals surface area contributed by atoms with Crippen LogP contribution in [0, 0.1) is 5.82 Å². The Labute approximate surface area is 231 Å². The second-order valence-electron chi connectivity index (χ2n) is 9.59. The molecule has 0 unspecified atom stereocenters. The highest BCUT2D eigenvalue weighted by molar-refractivity contribution is 6.04. The van der Waals surface area contributed by atoms with E-state index in [0.717, 1.165) is 11.1 Å². The van der Waals surface area contributed by atoms with Gasteiger partial charge in [-0.25, -0.2) is 9.18 Å². The molecule has 7 nitrogen and oxygen atoms in total. The van der Waals surface area contributed by atoms with E-state index in [-0.39, 0.29) is 18.5 Å². The molecule has 1 heterocycles. The molecule has 8 heteroatoms. The van der Waals surface area contributed by atoms with Crippen LogP contribution in [-0.4, -0.2) is 28.8 Å². The first-order valence-corrected chi connectivity index (χ1v) is 12.9. The van der Waals surface area contributed by atoms with Crippen LogP contribution in [0.3, 0.4) is 0 Å².